The molecule has 0 fully saturated rings. The molecule has 0 saturated heterocycles. The second kappa shape index (κ2) is 9.24. The Balaban J connectivity index is 2.15. The normalized spacial score (nSPS) is 11.9. The molecule has 0 amide bonds. The maximum atomic E-state index is 13.4. The summed E-state index contributed by atoms with van der Waals surface area (Å²) in [7, 11) is -3.99. The first-order chi connectivity index (χ1) is 14.0. The van der Waals surface area contributed by atoms with Crippen molar-refractivity contribution in [3.8, 4) is 6.07 Å². The molecule has 0 aliphatic heterocycles. The van der Waals surface area contributed by atoms with Crippen molar-refractivity contribution in [3.05, 3.63) is 113 Å². The third-order valence-corrected chi connectivity index (χ3v) is 6.04. The molecule has 0 aromatic heterocycles. The van der Waals surface area contributed by atoms with E-state index in [-0.39, 0.29) is 10.6 Å². The smallest absolute Gasteiger partial charge is 0.240 e. The van der Waals surface area contributed by atoms with Gasteiger partial charge >= 0.3 is 0 Å². The van der Waals surface area contributed by atoms with E-state index in [4.69, 9.17) is 11.6 Å². The van der Waals surface area contributed by atoms with Crippen molar-refractivity contribution in [2.24, 2.45) is 0 Å². The Morgan fingerprint density at radius 3 is 2.07 bits per heavy atom. The van der Waals surface area contributed by atoms with Crippen LogP contribution in [-0.2, 0) is 10.0 Å². The lowest BCUT2D eigenvalue weighted by atomic mass is 10.1. The van der Waals surface area contributed by atoms with E-state index < -0.39 is 10.0 Å². The summed E-state index contributed by atoms with van der Waals surface area (Å²) in [6.45, 7) is 0. The van der Waals surface area contributed by atoms with Crippen molar-refractivity contribution in [2.45, 2.75) is 4.90 Å². The SMILES string of the molecule is N#C/C=C(/c1ccccc1)N(/C=C/c1ccccc1)S(=O)(=O)c1ccc(Cl)cc1. The highest BCUT2D eigenvalue weighted by Gasteiger charge is 2.26. The van der Waals surface area contributed by atoms with Crippen molar-refractivity contribution < 1.29 is 8.42 Å². The monoisotopic (exact) mass is 420 g/mol. The molecule has 0 aliphatic carbocycles. The molecule has 4 nitrogen and oxygen atoms in total. The van der Waals surface area contributed by atoms with Crippen molar-refractivity contribution >= 4 is 33.4 Å². The Morgan fingerprint density at radius 2 is 1.48 bits per heavy atom. The highest BCUT2D eigenvalue weighted by Crippen LogP contribution is 2.28. The van der Waals surface area contributed by atoms with Crippen LogP contribution in [0.15, 0.2) is 102 Å². The standard InChI is InChI=1S/C23H17ClN2O2S/c24-21-11-13-22(14-12-21)29(27,28)26(18-16-19-7-3-1-4-8-19)23(15-17-25)20-9-5-2-6-10-20/h1-16,18H/b18-16+,23-15-. The van der Waals surface area contributed by atoms with Crippen LogP contribution >= 0.6 is 11.6 Å². The molecule has 0 atom stereocenters. The second-order valence-electron chi connectivity index (χ2n) is 6.01. The van der Waals surface area contributed by atoms with Crippen molar-refractivity contribution in [1.82, 2.24) is 4.31 Å². The summed E-state index contributed by atoms with van der Waals surface area (Å²) in [5, 5.41) is 9.75. The zero-order valence-electron chi connectivity index (χ0n) is 15.3. The first-order valence-corrected chi connectivity index (χ1v) is 10.5. The van der Waals surface area contributed by atoms with Gasteiger partial charge in [-0.3, -0.25) is 0 Å². The van der Waals surface area contributed by atoms with E-state index in [9.17, 15) is 13.7 Å². The van der Waals surface area contributed by atoms with Crippen LogP contribution in [0.4, 0.5) is 0 Å². The van der Waals surface area contributed by atoms with Gasteiger partial charge in [-0.15, -0.1) is 0 Å². The molecule has 0 saturated carbocycles. The van der Waals surface area contributed by atoms with Crippen LogP contribution in [0.2, 0.25) is 5.02 Å². The Labute approximate surface area is 175 Å². The first kappa shape index (κ1) is 20.4. The quantitative estimate of drug-likeness (QED) is 0.490. The van der Waals surface area contributed by atoms with Gasteiger partial charge in [0.2, 0.25) is 0 Å². The lowest BCUT2D eigenvalue weighted by molar-refractivity contribution is 0.558. The maximum Gasteiger partial charge on any atom is 0.268 e. The highest BCUT2D eigenvalue weighted by atomic mass is 35.5. The van der Waals surface area contributed by atoms with Gasteiger partial charge in [-0.1, -0.05) is 72.3 Å². The molecule has 0 N–H and O–H groups in total. The van der Waals surface area contributed by atoms with Gasteiger partial charge < -0.3 is 0 Å². The molecule has 144 valence electrons. The van der Waals surface area contributed by atoms with E-state index in [1.807, 2.05) is 42.5 Å². The minimum atomic E-state index is -3.99. The molecule has 3 aromatic rings. The fourth-order valence-electron chi connectivity index (χ4n) is 2.67. The molecule has 0 spiro atoms. The van der Waals surface area contributed by atoms with Gasteiger partial charge in [-0.05, 0) is 41.5 Å². The van der Waals surface area contributed by atoms with E-state index in [0.717, 1.165) is 9.87 Å². The Kier molecular flexibility index (Phi) is 6.50. The second-order valence-corrected chi connectivity index (χ2v) is 8.26. The zero-order valence-corrected chi connectivity index (χ0v) is 16.9. The largest absolute Gasteiger partial charge is 0.268 e. The van der Waals surface area contributed by atoms with Crippen molar-refractivity contribution in [1.29, 1.82) is 5.26 Å². The molecule has 0 heterocycles. The third kappa shape index (κ3) is 4.94. The van der Waals surface area contributed by atoms with E-state index in [2.05, 4.69) is 0 Å². The Hall–Kier alpha value is -3.33. The van der Waals surface area contributed by atoms with Crippen LogP contribution in [0.25, 0.3) is 11.8 Å². The number of rotatable bonds is 6. The van der Waals surface area contributed by atoms with Gasteiger partial charge in [-0.25, -0.2) is 12.7 Å². The number of halogens is 1. The van der Waals surface area contributed by atoms with Gasteiger partial charge in [0.15, 0.2) is 0 Å². The highest BCUT2D eigenvalue weighted by molar-refractivity contribution is 7.89. The lowest BCUT2D eigenvalue weighted by Crippen LogP contribution is -2.24. The molecular formula is C23H17ClN2O2S. The summed E-state index contributed by atoms with van der Waals surface area (Å²) in [5.41, 5.74) is 1.67. The van der Waals surface area contributed by atoms with Crippen LogP contribution in [0.1, 0.15) is 11.1 Å². The van der Waals surface area contributed by atoms with Crippen LogP contribution in [0, 0.1) is 11.3 Å². The average molecular weight is 421 g/mol. The van der Waals surface area contributed by atoms with Crippen LogP contribution in [0.3, 0.4) is 0 Å². The summed E-state index contributed by atoms with van der Waals surface area (Å²) >= 11 is 5.91. The summed E-state index contributed by atoms with van der Waals surface area (Å²) in [6, 6.07) is 26.1. The molecular weight excluding hydrogens is 404 g/mol. The van der Waals surface area contributed by atoms with Gasteiger partial charge in [0.25, 0.3) is 10.0 Å². The predicted molar refractivity (Wildman–Crippen MR) is 116 cm³/mol. The van der Waals surface area contributed by atoms with Gasteiger partial charge in [0.1, 0.15) is 0 Å². The number of benzene rings is 3. The average Bonchev–Trinajstić information content (AvgIpc) is 2.75. The van der Waals surface area contributed by atoms with Gasteiger partial charge in [0.05, 0.1) is 16.7 Å². The number of sulfonamides is 1. The molecule has 3 aromatic carbocycles. The number of nitrogens with zero attached hydrogens (tertiary/aromatic N) is 2. The first-order valence-electron chi connectivity index (χ1n) is 8.71. The van der Waals surface area contributed by atoms with Crippen LogP contribution in [0.5, 0.6) is 0 Å². The topological polar surface area (TPSA) is 61.2 Å². The Bertz CT molecular complexity index is 1170. The van der Waals surface area contributed by atoms with E-state index in [1.165, 1.54) is 36.5 Å². The molecule has 0 unspecified atom stereocenters. The molecule has 3 rings (SSSR count). The predicted octanol–water partition coefficient (Wildman–Crippen LogP) is 5.57. The number of hydrogen-bond acceptors (Lipinski definition) is 3. The summed E-state index contributed by atoms with van der Waals surface area (Å²) in [4.78, 5) is 0.0689. The molecule has 29 heavy (non-hydrogen) atoms. The molecule has 0 bridgehead atoms. The molecule has 0 aliphatic rings. The van der Waals surface area contributed by atoms with Gasteiger partial charge in [-0.2, -0.15) is 5.26 Å². The van der Waals surface area contributed by atoms with Gasteiger partial charge in [0, 0.05) is 17.3 Å². The summed E-state index contributed by atoms with van der Waals surface area (Å²) in [5.74, 6) is 0. The van der Waals surface area contributed by atoms with Crippen LogP contribution in [-0.4, -0.2) is 12.7 Å². The Morgan fingerprint density at radius 1 is 0.897 bits per heavy atom. The number of hydrogen-bond donors (Lipinski definition) is 0. The minimum Gasteiger partial charge on any atom is -0.240 e. The number of allylic oxidation sites excluding steroid dienone is 1. The zero-order chi connectivity index (χ0) is 20.7. The third-order valence-electron chi connectivity index (χ3n) is 4.08. The van der Waals surface area contributed by atoms with E-state index in [0.29, 0.717) is 10.6 Å². The fraction of sp³-hybridized carbons (Fsp3) is 0. The minimum absolute atomic E-state index is 0.0689. The summed E-state index contributed by atoms with van der Waals surface area (Å²) < 4.78 is 28.0. The molecule has 6 heteroatoms. The summed E-state index contributed by atoms with van der Waals surface area (Å²) in [6.07, 6.45) is 4.36. The van der Waals surface area contributed by atoms with E-state index >= 15 is 0 Å². The van der Waals surface area contributed by atoms with Crippen molar-refractivity contribution in [2.75, 3.05) is 0 Å². The van der Waals surface area contributed by atoms with E-state index in [1.54, 1.807) is 30.3 Å². The number of nitriles is 1. The van der Waals surface area contributed by atoms with Crippen LogP contribution < -0.4 is 0 Å². The lowest BCUT2D eigenvalue weighted by Gasteiger charge is -2.23. The van der Waals surface area contributed by atoms with Crippen molar-refractivity contribution in [3.63, 3.8) is 0 Å². The fourth-order valence-corrected chi connectivity index (χ4v) is 4.14. The molecule has 0 radical (unpaired) electrons. The maximum absolute atomic E-state index is 13.4.